The summed E-state index contributed by atoms with van der Waals surface area (Å²) in [7, 11) is 0. The molecule has 0 fully saturated rings. The third-order valence-electron chi connectivity index (χ3n) is 4.60. The second-order valence-electron chi connectivity index (χ2n) is 6.83. The van der Waals surface area contributed by atoms with Gasteiger partial charge in [0.15, 0.2) is 6.61 Å². The molecule has 0 spiro atoms. The summed E-state index contributed by atoms with van der Waals surface area (Å²) in [6.07, 6.45) is 6.35. The smallest absolute Gasteiger partial charge is 0.308 e. The molecule has 2 N–H and O–H groups in total. The molecular weight excluding hydrogens is 368 g/mol. The maximum atomic E-state index is 12.0. The maximum absolute atomic E-state index is 12.0. The van der Waals surface area contributed by atoms with Gasteiger partial charge in [-0.05, 0) is 54.2 Å². The normalized spacial score (nSPS) is 12.4. The fraction of sp³-hybridized carbons (Fsp3) is 0.261. The molecule has 2 aromatic carbocycles. The lowest BCUT2D eigenvalue weighted by Crippen LogP contribution is -2.26. The quantitative estimate of drug-likeness (QED) is 0.534. The van der Waals surface area contributed by atoms with Crippen LogP contribution in [0.1, 0.15) is 29.5 Å². The lowest BCUT2D eigenvalue weighted by Gasteiger charge is -2.08. The Morgan fingerprint density at radius 1 is 1.00 bits per heavy atom. The number of hydrogen-bond donors (Lipinski definition) is 2. The van der Waals surface area contributed by atoms with Crippen LogP contribution in [0.5, 0.6) is 0 Å². The summed E-state index contributed by atoms with van der Waals surface area (Å²) >= 11 is 0. The third-order valence-corrected chi connectivity index (χ3v) is 4.60. The van der Waals surface area contributed by atoms with Crippen molar-refractivity contribution in [2.45, 2.75) is 25.7 Å². The fourth-order valence-corrected chi connectivity index (χ4v) is 3.15. The van der Waals surface area contributed by atoms with Crippen LogP contribution in [-0.4, -0.2) is 30.9 Å². The van der Waals surface area contributed by atoms with E-state index in [-0.39, 0.29) is 31.4 Å². The molecule has 0 radical (unpaired) electrons. The second kappa shape index (κ2) is 10.2. The molecular formula is C23H24N2O4. The predicted molar refractivity (Wildman–Crippen MR) is 111 cm³/mol. The Kier molecular flexibility index (Phi) is 7.16. The molecule has 0 saturated carbocycles. The van der Waals surface area contributed by atoms with Crippen molar-refractivity contribution < 1.29 is 19.1 Å². The number of rotatable bonds is 8. The van der Waals surface area contributed by atoms with Crippen LogP contribution in [0.3, 0.4) is 0 Å². The first-order chi connectivity index (χ1) is 14.1. The van der Waals surface area contributed by atoms with Gasteiger partial charge in [-0.2, -0.15) is 0 Å². The molecule has 2 amide bonds. The Morgan fingerprint density at radius 2 is 1.79 bits per heavy atom. The maximum Gasteiger partial charge on any atom is 0.308 e. The van der Waals surface area contributed by atoms with E-state index in [0.717, 1.165) is 24.8 Å². The van der Waals surface area contributed by atoms with Gasteiger partial charge in [-0.3, -0.25) is 14.4 Å². The van der Waals surface area contributed by atoms with Crippen LogP contribution in [0.2, 0.25) is 0 Å². The molecule has 0 aliphatic heterocycles. The van der Waals surface area contributed by atoms with Gasteiger partial charge in [-0.25, -0.2) is 0 Å². The Balaban J connectivity index is 1.32. The van der Waals surface area contributed by atoms with Crippen molar-refractivity contribution in [3.8, 4) is 0 Å². The topological polar surface area (TPSA) is 84.5 Å². The Bertz CT molecular complexity index is 906. The van der Waals surface area contributed by atoms with E-state index >= 15 is 0 Å². The molecule has 0 aromatic heterocycles. The summed E-state index contributed by atoms with van der Waals surface area (Å²) < 4.78 is 4.96. The largest absolute Gasteiger partial charge is 0.456 e. The van der Waals surface area contributed by atoms with Gasteiger partial charge in [0.1, 0.15) is 0 Å². The van der Waals surface area contributed by atoms with Gasteiger partial charge in [-0.1, -0.05) is 36.4 Å². The average molecular weight is 392 g/mol. The summed E-state index contributed by atoms with van der Waals surface area (Å²) in [5.41, 5.74) is 4.22. The highest BCUT2D eigenvalue weighted by molar-refractivity contribution is 5.93. The number of nitrogens with one attached hydrogen (secondary N) is 2. The van der Waals surface area contributed by atoms with Crippen LogP contribution >= 0.6 is 0 Å². The molecule has 0 heterocycles. The van der Waals surface area contributed by atoms with E-state index in [1.54, 1.807) is 6.08 Å². The summed E-state index contributed by atoms with van der Waals surface area (Å²) in [5, 5.41) is 5.35. The van der Waals surface area contributed by atoms with E-state index in [0.29, 0.717) is 5.69 Å². The number of carbonyl (C=O) groups excluding carboxylic acids is 3. The van der Waals surface area contributed by atoms with Gasteiger partial charge in [0.2, 0.25) is 5.91 Å². The van der Waals surface area contributed by atoms with Gasteiger partial charge >= 0.3 is 5.97 Å². The minimum Gasteiger partial charge on any atom is -0.456 e. The first-order valence-electron chi connectivity index (χ1n) is 9.68. The fourth-order valence-electron chi connectivity index (χ4n) is 3.15. The number of benzene rings is 2. The van der Waals surface area contributed by atoms with E-state index < -0.39 is 5.97 Å². The number of anilines is 1. The second-order valence-corrected chi connectivity index (χ2v) is 6.83. The van der Waals surface area contributed by atoms with Crippen LogP contribution in [-0.2, 0) is 32.0 Å². The SMILES string of the molecule is O=C(/C=C/c1ccccc1)NCCC(=O)OCC(=O)Nc1ccc2c(c1)CCC2. The van der Waals surface area contributed by atoms with Gasteiger partial charge in [0.05, 0.1) is 6.42 Å². The molecule has 0 bridgehead atoms. The molecule has 3 rings (SSSR count). The van der Waals surface area contributed by atoms with Crippen molar-refractivity contribution in [3.05, 3.63) is 71.3 Å². The molecule has 29 heavy (non-hydrogen) atoms. The van der Waals surface area contributed by atoms with Crippen LogP contribution in [0.4, 0.5) is 5.69 Å². The number of esters is 1. The predicted octanol–water partition coefficient (Wildman–Crippen LogP) is 2.88. The zero-order valence-electron chi connectivity index (χ0n) is 16.1. The number of carbonyl (C=O) groups is 3. The van der Waals surface area contributed by atoms with E-state index in [1.807, 2.05) is 48.5 Å². The van der Waals surface area contributed by atoms with Crippen LogP contribution in [0.15, 0.2) is 54.6 Å². The minimum atomic E-state index is -0.540. The molecule has 0 atom stereocenters. The molecule has 0 saturated heterocycles. The van der Waals surface area contributed by atoms with Gasteiger partial charge < -0.3 is 15.4 Å². The number of hydrogen-bond acceptors (Lipinski definition) is 4. The number of ether oxygens (including phenoxy) is 1. The van der Waals surface area contributed by atoms with E-state index in [1.165, 1.54) is 17.2 Å². The van der Waals surface area contributed by atoms with Crippen LogP contribution < -0.4 is 10.6 Å². The highest BCUT2D eigenvalue weighted by Gasteiger charge is 2.13. The highest BCUT2D eigenvalue weighted by Crippen LogP contribution is 2.24. The molecule has 0 unspecified atom stereocenters. The van der Waals surface area contributed by atoms with Crippen LogP contribution in [0.25, 0.3) is 6.08 Å². The molecule has 6 heteroatoms. The van der Waals surface area contributed by atoms with E-state index in [9.17, 15) is 14.4 Å². The van der Waals surface area contributed by atoms with Crippen molar-refractivity contribution >= 4 is 29.5 Å². The van der Waals surface area contributed by atoms with E-state index in [2.05, 4.69) is 10.6 Å². The minimum absolute atomic E-state index is 0.00293. The van der Waals surface area contributed by atoms with E-state index in [4.69, 9.17) is 4.74 Å². The molecule has 6 nitrogen and oxygen atoms in total. The van der Waals surface area contributed by atoms with Crippen molar-refractivity contribution in [1.82, 2.24) is 5.32 Å². The monoisotopic (exact) mass is 392 g/mol. The molecule has 150 valence electrons. The molecule has 1 aliphatic rings. The zero-order chi connectivity index (χ0) is 20.5. The number of aryl methyl sites for hydroxylation is 2. The van der Waals surface area contributed by atoms with Gasteiger partial charge in [-0.15, -0.1) is 0 Å². The first kappa shape index (κ1) is 20.3. The van der Waals surface area contributed by atoms with Crippen molar-refractivity contribution in [2.75, 3.05) is 18.5 Å². The first-order valence-corrected chi connectivity index (χ1v) is 9.68. The number of fused-ring (bicyclic) bond motifs is 1. The average Bonchev–Trinajstić information content (AvgIpc) is 3.19. The third kappa shape index (κ3) is 6.60. The Morgan fingerprint density at radius 3 is 2.62 bits per heavy atom. The van der Waals surface area contributed by atoms with Crippen molar-refractivity contribution in [1.29, 1.82) is 0 Å². The van der Waals surface area contributed by atoms with Crippen LogP contribution in [0, 0.1) is 0 Å². The van der Waals surface area contributed by atoms with Crippen molar-refractivity contribution in [3.63, 3.8) is 0 Å². The Labute approximate surface area is 170 Å². The molecule has 1 aliphatic carbocycles. The number of amides is 2. The summed E-state index contributed by atoms with van der Waals surface area (Å²) in [5.74, 6) is -1.22. The Hall–Kier alpha value is -3.41. The highest BCUT2D eigenvalue weighted by atomic mass is 16.5. The summed E-state index contributed by atoms with van der Waals surface area (Å²) in [4.78, 5) is 35.4. The van der Waals surface area contributed by atoms with Crippen molar-refractivity contribution in [2.24, 2.45) is 0 Å². The lowest BCUT2D eigenvalue weighted by molar-refractivity contribution is -0.147. The zero-order valence-corrected chi connectivity index (χ0v) is 16.1. The lowest BCUT2D eigenvalue weighted by atomic mass is 10.1. The van der Waals surface area contributed by atoms with Gasteiger partial charge in [0, 0.05) is 18.3 Å². The van der Waals surface area contributed by atoms with Gasteiger partial charge in [0.25, 0.3) is 5.91 Å². The standard InChI is InChI=1S/C23H24N2O4/c26-21(12-9-17-5-2-1-3-6-17)24-14-13-23(28)29-16-22(27)25-20-11-10-18-7-4-8-19(18)15-20/h1-3,5-6,9-12,15H,4,7-8,13-14,16H2,(H,24,26)(H,25,27)/b12-9+. The summed E-state index contributed by atoms with van der Waals surface area (Å²) in [6.45, 7) is -0.207. The molecule has 2 aromatic rings. The summed E-state index contributed by atoms with van der Waals surface area (Å²) in [6, 6.07) is 15.3.